The zero-order chi connectivity index (χ0) is 33.7. The molecule has 2 atom stereocenters. The fourth-order valence-electron chi connectivity index (χ4n) is 5.63. The Bertz CT molecular complexity index is 1570. The van der Waals surface area contributed by atoms with Crippen molar-refractivity contribution in [2.75, 3.05) is 0 Å². The molecule has 0 radical (unpaired) electrons. The zero-order valence-electron chi connectivity index (χ0n) is 27.5. The Morgan fingerprint density at radius 2 is 1.37 bits per heavy atom. The van der Waals surface area contributed by atoms with Crippen LogP contribution in [-0.2, 0) is 24.7 Å². The Kier molecular flexibility index (Phi) is 13.3. The van der Waals surface area contributed by atoms with E-state index in [1.165, 1.54) is 18.6 Å². The van der Waals surface area contributed by atoms with Crippen LogP contribution in [0.3, 0.4) is 0 Å². The van der Waals surface area contributed by atoms with Crippen LogP contribution in [-0.4, -0.2) is 11.9 Å². The van der Waals surface area contributed by atoms with Crippen molar-refractivity contribution in [2.24, 2.45) is 5.92 Å². The number of hydrogen-bond acceptors (Lipinski definition) is 1. The molecule has 0 saturated carbocycles. The summed E-state index contributed by atoms with van der Waals surface area (Å²) in [5.41, 5.74) is 4.79. The third kappa shape index (κ3) is 9.87. The Hall–Kier alpha value is -4.25. The first-order chi connectivity index (χ1) is 21.9. The normalized spacial score (nSPS) is 15.2. The minimum atomic E-state index is -4.48. The number of alkyl halides is 3. The molecule has 1 N–H and O–H groups in total. The van der Waals surface area contributed by atoms with E-state index in [2.05, 4.69) is 31.2 Å². The van der Waals surface area contributed by atoms with Crippen molar-refractivity contribution in [3.05, 3.63) is 166 Å². The number of benzene rings is 3. The summed E-state index contributed by atoms with van der Waals surface area (Å²) in [6, 6.07) is 22.5. The van der Waals surface area contributed by atoms with Gasteiger partial charge >= 0.3 is 6.18 Å². The summed E-state index contributed by atoms with van der Waals surface area (Å²) in [5, 5.41) is 8.60. The fraction of sp³-hybridized carbons (Fsp3) is 0.293. The molecule has 0 aliphatic heterocycles. The van der Waals surface area contributed by atoms with E-state index in [0.717, 1.165) is 34.2 Å². The van der Waals surface area contributed by atoms with E-state index in [-0.39, 0.29) is 12.0 Å². The van der Waals surface area contributed by atoms with Crippen molar-refractivity contribution in [1.82, 2.24) is 0 Å². The summed E-state index contributed by atoms with van der Waals surface area (Å²) in [7, 11) is 0. The minimum Gasteiger partial charge on any atom is -0.300 e. The second-order valence-corrected chi connectivity index (χ2v) is 12.0. The van der Waals surface area contributed by atoms with Gasteiger partial charge in [-0.3, -0.25) is 5.41 Å². The number of rotatable bonds is 14. The van der Waals surface area contributed by atoms with Crippen LogP contribution in [0.5, 0.6) is 0 Å². The fourth-order valence-corrected chi connectivity index (χ4v) is 5.63. The van der Waals surface area contributed by atoms with Crippen LogP contribution in [0.4, 0.5) is 17.6 Å². The molecule has 0 spiro atoms. The lowest BCUT2D eigenvalue weighted by Gasteiger charge is -2.34. The summed E-state index contributed by atoms with van der Waals surface area (Å²) in [6.45, 7) is 8.90. The lowest BCUT2D eigenvalue weighted by Crippen LogP contribution is -2.40. The lowest BCUT2D eigenvalue weighted by molar-refractivity contribution is -0.189. The smallest absolute Gasteiger partial charge is 0.300 e. The number of hydrogen-bond donors (Lipinski definition) is 1. The maximum atomic E-state index is 14.7. The highest BCUT2D eigenvalue weighted by atomic mass is 19.4. The zero-order valence-corrected chi connectivity index (χ0v) is 27.5. The molecular weight excluding hydrogens is 582 g/mol. The lowest BCUT2D eigenvalue weighted by atomic mass is 9.74. The van der Waals surface area contributed by atoms with Crippen LogP contribution in [0.2, 0.25) is 0 Å². The van der Waals surface area contributed by atoms with Crippen molar-refractivity contribution in [3.8, 4) is 0 Å². The molecule has 242 valence electrons. The van der Waals surface area contributed by atoms with Gasteiger partial charge in [0.05, 0.1) is 17.5 Å². The molecule has 1 nitrogen and oxygen atoms in total. The van der Waals surface area contributed by atoms with Gasteiger partial charge in [-0.05, 0) is 97.4 Å². The van der Waals surface area contributed by atoms with Crippen molar-refractivity contribution >= 4 is 5.71 Å². The average Bonchev–Trinajstić information content (AvgIpc) is 3.03. The van der Waals surface area contributed by atoms with E-state index in [9.17, 15) is 17.6 Å². The highest BCUT2D eigenvalue weighted by Gasteiger charge is 2.52. The quantitative estimate of drug-likeness (QED) is 0.104. The predicted octanol–water partition coefficient (Wildman–Crippen LogP) is 11.8. The SMILES string of the molecule is C\C=C/C=C(\C=C/C)C(=N)c1ccc(CC(/C=C\F)=C/C(C)CC(C)(c2ccc(Cc3ccc(CC)cc3)cc2)C(F)(F)F)cc1. The Labute approximate surface area is 272 Å². The van der Waals surface area contributed by atoms with E-state index in [1.54, 1.807) is 37.3 Å². The van der Waals surface area contributed by atoms with E-state index in [1.807, 2.05) is 68.5 Å². The maximum absolute atomic E-state index is 14.7. The van der Waals surface area contributed by atoms with Gasteiger partial charge in [0.1, 0.15) is 0 Å². The highest BCUT2D eigenvalue weighted by molar-refractivity contribution is 6.12. The molecule has 0 aliphatic rings. The van der Waals surface area contributed by atoms with Gasteiger partial charge < -0.3 is 0 Å². The second kappa shape index (κ2) is 16.9. The average molecular weight is 628 g/mol. The van der Waals surface area contributed by atoms with Crippen LogP contribution in [0, 0.1) is 11.3 Å². The van der Waals surface area contributed by atoms with Crippen LogP contribution in [0.25, 0.3) is 0 Å². The third-order valence-corrected chi connectivity index (χ3v) is 8.32. The van der Waals surface area contributed by atoms with Crippen molar-refractivity contribution < 1.29 is 17.6 Å². The first kappa shape index (κ1) is 36.2. The summed E-state index contributed by atoms with van der Waals surface area (Å²) in [4.78, 5) is 0. The van der Waals surface area contributed by atoms with Gasteiger partial charge in [-0.1, -0.05) is 123 Å². The number of halogens is 4. The maximum Gasteiger partial charge on any atom is 0.398 e. The standard InChI is InChI=1S/C41H45F4N/c1-6-9-11-36(10-7-2)39(46)37-20-16-33(17-21-37)28-35(24-25-42)26-30(4)29-40(5,41(43,44)45)38-22-18-34(19-23-38)27-32-14-12-31(8-3)13-15-32/h6-7,9-26,30,46H,8,27-29H2,1-5H3/b9-6-,10-7-,25-24-,35-26+,36-11+,46-39?. The summed E-state index contributed by atoms with van der Waals surface area (Å²) < 4.78 is 57.4. The van der Waals surface area contributed by atoms with Gasteiger partial charge in [0.15, 0.2) is 0 Å². The summed E-state index contributed by atoms with van der Waals surface area (Å²) in [5.74, 6) is -0.484. The van der Waals surface area contributed by atoms with Gasteiger partial charge in [-0.25, -0.2) is 4.39 Å². The molecule has 3 aromatic carbocycles. The molecule has 46 heavy (non-hydrogen) atoms. The molecule has 3 rings (SSSR count). The first-order valence-corrected chi connectivity index (χ1v) is 15.8. The monoisotopic (exact) mass is 627 g/mol. The topological polar surface area (TPSA) is 23.9 Å². The molecule has 0 fully saturated rings. The van der Waals surface area contributed by atoms with E-state index < -0.39 is 17.5 Å². The molecule has 0 aromatic heterocycles. The number of nitrogens with one attached hydrogen (secondary N) is 1. The molecule has 5 heteroatoms. The van der Waals surface area contributed by atoms with Crippen LogP contribution in [0.15, 0.2) is 133 Å². The number of aryl methyl sites for hydroxylation is 1. The van der Waals surface area contributed by atoms with Crippen molar-refractivity contribution in [1.29, 1.82) is 5.41 Å². The summed E-state index contributed by atoms with van der Waals surface area (Å²) >= 11 is 0. The van der Waals surface area contributed by atoms with E-state index >= 15 is 0 Å². The Morgan fingerprint density at radius 3 is 1.89 bits per heavy atom. The van der Waals surface area contributed by atoms with Crippen LogP contribution in [0.1, 0.15) is 74.4 Å². The minimum absolute atomic E-state index is 0.180. The predicted molar refractivity (Wildman–Crippen MR) is 185 cm³/mol. The molecule has 0 bridgehead atoms. The molecule has 3 aromatic rings. The van der Waals surface area contributed by atoms with Gasteiger partial charge in [0.25, 0.3) is 0 Å². The van der Waals surface area contributed by atoms with Crippen LogP contribution < -0.4 is 0 Å². The highest BCUT2D eigenvalue weighted by Crippen LogP contribution is 2.45. The van der Waals surface area contributed by atoms with Gasteiger partial charge in [0.2, 0.25) is 0 Å². The van der Waals surface area contributed by atoms with E-state index in [0.29, 0.717) is 30.5 Å². The van der Waals surface area contributed by atoms with Crippen molar-refractivity contribution in [3.63, 3.8) is 0 Å². The molecule has 0 amide bonds. The molecular formula is C41H45F4N. The van der Waals surface area contributed by atoms with Crippen LogP contribution >= 0.6 is 0 Å². The molecule has 2 unspecified atom stereocenters. The van der Waals surface area contributed by atoms with Crippen molar-refractivity contribution in [2.45, 2.75) is 71.9 Å². The Balaban J connectivity index is 1.78. The van der Waals surface area contributed by atoms with Gasteiger partial charge in [0, 0.05) is 5.56 Å². The van der Waals surface area contributed by atoms with E-state index in [4.69, 9.17) is 5.41 Å². The largest absolute Gasteiger partial charge is 0.398 e. The van der Waals surface area contributed by atoms with Gasteiger partial charge in [-0.2, -0.15) is 13.2 Å². The number of allylic oxidation sites excluding steroid dienone is 9. The Morgan fingerprint density at radius 1 is 0.804 bits per heavy atom. The second-order valence-electron chi connectivity index (χ2n) is 12.0. The molecule has 0 saturated heterocycles. The van der Waals surface area contributed by atoms with Gasteiger partial charge in [-0.15, -0.1) is 0 Å². The third-order valence-electron chi connectivity index (χ3n) is 8.32. The molecule has 0 aliphatic carbocycles. The summed E-state index contributed by atoms with van der Waals surface area (Å²) in [6.07, 6.45) is 10.2. The molecule has 0 heterocycles. The first-order valence-electron chi connectivity index (χ1n) is 15.8.